The van der Waals surface area contributed by atoms with E-state index in [2.05, 4.69) is 29.9 Å². The summed E-state index contributed by atoms with van der Waals surface area (Å²) in [6, 6.07) is 4.10. The van der Waals surface area contributed by atoms with Crippen molar-refractivity contribution in [3.63, 3.8) is 0 Å². The summed E-state index contributed by atoms with van der Waals surface area (Å²) in [4.78, 5) is 8.66. The van der Waals surface area contributed by atoms with Gasteiger partial charge in [0.05, 0.1) is 5.52 Å². The van der Waals surface area contributed by atoms with Gasteiger partial charge in [-0.15, -0.1) is 0 Å². The SMILES string of the molecule is Cc1cc2nccc(C(C)C)c2cn1. The van der Waals surface area contributed by atoms with Crippen molar-refractivity contribution in [2.24, 2.45) is 0 Å². The number of hydrogen-bond acceptors (Lipinski definition) is 2. The lowest BCUT2D eigenvalue weighted by Gasteiger charge is -2.08. The van der Waals surface area contributed by atoms with Crippen molar-refractivity contribution in [1.29, 1.82) is 0 Å². The fourth-order valence-electron chi connectivity index (χ4n) is 1.67. The topological polar surface area (TPSA) is 25.8 Å². The van der Waals surface area contributed by atoms with E-state index < -0.39 is 0 Å². The molecule has 0 aromatic carbocycles. The van der Waals surface area contributed by atoms with Crippen LogP contribution >= 0.6 is 0 Å². The third-order valence-electron chi connectivity index (χ3n) is 2.42. The summed E-state index contributed by atoms with van der Waals surface area (Å²) < 4.78 is 0. The van der Waals surface area contributed by atoms with E-state index in [1.165, 1.54) is 10.9 Å². The largest absolute Gasteiger partial charge is 0.261 e. The molecule has 0 saturated heterocycles. The molecule has 0 aliphatic carbocycles. The van der Waals surface area contributed by atoms with Crippen molar-refractivity contribution in [1.82, 2.24) is 9.97 Å². The maximum atomic E-state index is 4.35. The molecule has 0 spiro atoms. The quantitative estimate of drug-likeness (QED) is 0.684. The average Bonchev–Trinajstić information content (AvgIpc) is 2.16. The van der Waals surface area contributed by atoms with Crippen LogP contribution in [0.3, 0.4) is 0 Å². The lowest BCUT2D eigenvalue weighted by atomic mass is 10.0. The van der Waals surface area contributed by atoms with Crippen LogP contribution in [0.25, 0.3) is 10.9 Å². The molecule has 0 aliphatic heterocycles. The highest BCUT2D eigenvalue weighted by Crippen LogP contribution is 2.23. The van der Waals surface area contributed by atoms with Crippen molar-refractivity contribution in [3.05, 3.63) is 35.8 Å². The highest BCUT2D eigenvalue weighted by molar-refractivity contribution is 5.81. The van der Waals surface area contributed by atoms with Gasteiger partial charge in [0.15, 0.2) is 0 Å². The fraction of sp³-hybridized carbons (Fsp3) is 0.333. The van der Waals surface area contributed by atoms with Gasteiger partial charge in [-0.2, -0.15) is 0 Å². The van der Waals surface area contributed by atoms with Crippen LogP contribution in [0.4, 0.5) is 0 Å². The molecular formula is C12H14N2. The van der Waals surface area contributed by atoms with Gasteiger partial charge in [-0.3, -0.25) is 9.97 Å². The van der Waals surface area contributed by atoms with Crippen molar-refractivity contribution in [3.8, 4) is 0 Å². The molecule has 0 radical (unpaired) electrons. The first kappa shape index (κ1) is 9.13. The molecule has 0 unspecified atom stereocenters. The minimum Gasteiger partial charge on any atom is -0.261 e. The zero-order valence-electron chi connectivity index (χ0n) is 8.78. The van der Waals surface area contributed by atoms with Crippen LogP contribution < -0.4 is 0 Å². The molecule has 2 nitrogen and oxygen atoms in total. The summed E-state index contributed by atoms with van der Waals surface area (Å²) in [5.41, 5.74) is 3.39. The minimum absolute atomic E-state index is 0.519. The van der Waals surface area contributed by atoms with E-state index in [0.29, 0.717) is 5.92 Å². The van der Waals surface area contributed by atoms with Crippen molar-refractivity contribution in [2.45, 2.75) is 26.7 Å². The molecule has 0 saturated carbocycles. The van der Waals surface area contributed by atoms with Gasteiger partial charge in [0.2, 0.25) is 0 Å². The maximum Gasteiger partial charge on any atom is 0.0738 e. The Morgan fingerprint density at radius 2 is 2.00 bits per heavy atom. The van der Waals surface area contributed by atoms with Crippen LogP contribution in [0.5, 0.6) is 0 Å². The number of hydrogen-bond donors (Lipinski definition) is 0. The lowest BCUT2D eigenvalue weighted by molar-refractivity contribution is 0.873. The Morgan fingerprint density at radius 1 is 1.21 bits per heavy atom. The van der Waals surface area contributed by atoms with E-state index in [9.17, 15) is 0 Å². The number of aromatic nitrogens is 2. The zero-order chi connectivity index (χ0) is 10.1. The molecule has 0 bridgehead atoms. The molecule has 0 atom stereocenters. The van der Waals surface area contributed by atoms with Gasteiger partial charge < -0.3 is 0 Å². The molecule has 2 heterocycles. The second-order valence-corrected chi connectivity index (χ2v) is 3.90. The summed E-state index contributed by atoms with van der Waals surface area (Å²) in [7, 11) is 0. The second-order valence-electron chi connectivity index (χ2n) is 3.90. The van der Waals surface area contributed by atoms with Crippen LogP contribution in [0.2, 0.25) is 0 Å². The van der Waals surface area contributed by atoms with Gasteiger partial charge in [-0.1, -0.05) is 13.8 Å². The Hall–Kier alpha value is -1.44. The van der Waals surface area contributed by atoms with Gasteiger partial charge in [0, 0.05) is 23.5 Å². The normalized spacial score (nSPS) is 11.1. The van der Waals surface area contributed by atoms with Gasteiger partial charge >= 0.3 is 0 Å². The molecule has 0 fully saturated rings. The fourth-order valence-corrected chi connectivity index (χ4v) is 1.67. The van der Waals surface area contributed by atoms with Gasteiger partial charge in [0.25, 0.3) is 0 Å². The highest BCUT2D eigenvalue weighted by atomic mass is 14.7. The van der Waals surface area contributed by atoms with Crippen molar-refractivity contribution >= 4 is 10.9 Å². The Bertz CT molecular complexity index is 461. The van der Waals surface area contributed by atoms with E-state index >= 15 is 0 Å². The first-order valence-corrected chi connectivity index (χ1v) is 4.90. The van der Waals surface area contributed by atoms with Gasteiger partial charge in [-0.25, -0.2) is 0 Å². The molecule has 2 heteroatoms. The van der Waals surface area contributed by atoms with E-state index in [1.54, 1.807) is 0 Å². The molecule has 0 amide bonds. The molecule has 0 aliphatic rings. The van der Waals surface area contributed by atoms with Crippen LogP contribution in [0, 0.1) is 6.92 Å². The van der Waals surface area contributed by atoms with Crippen molar-refractivity contribution < 1.29 is 0 Å². The lowest BCUT2D eigenvalue weighted by Crippen LogP contribution is -1.92. The highest BCUT2D eigenvalue weighted by Gasteiger charge is 2.05. The molecule has 0 N–H and O–H groups in total. The summed E-state index contributed by atoms with van der Waals surface area (Å²) in [6.45, 7) is 6.37. The Morgan fingerprint density at radius 3 is 2.71 bits per heavy atom. The standard InChI is InChI=1S/C12H14N2/c1-8(2)10-4-5-13-12-6-9(3)14-7-11(10)12/h4-8H,1-3H3. The third kappa shape index (κ3) is 1.48. The first-order chi connectivity index (χ1) is 6.68. The van der Waals surface area contributed by atoms with E-state index in [0.717, 1.165) is 11.2 Å². The third-order valence-corrected chi connectivity index (χ3v) is 2.42. The first-order valence-electron chi connectivity index (χ1n) is 4.90. The number of fused-ring (bicyclic) bond motifs is 1. The Kier molecular flexibility index (Phi) is 2.20. The smallest absolute Gasteiger partial charge is 0.0738 e. The number of aryl methyl sites for hydroxylation is 1. The Labute approximate surface area is 84.0 Å². The summed E-state index contributed by atoms with van der Waals surface area (Å²) >= 11 is 0. The Balaban J connectivity index is 2.75. The van der Waals surface area contributed by atoms with E-state index in [1.807, 2.05) is 25.4 Å². The summed E-state index contributed by atoms with van der Waals surface area (Å²) in [6.07, 6.45) is 3.80. The molecule has 2 aromatic rings. The van der Waals surface area contributed by atoms with Crippen LogP contribution in [0.15, 0.2) is 24.5 Å². The van der Waals surface area contributed by atoms with Crippen LogP contribution in [0.1, 0.15) is 31.0 Å². The monoisotopic (exact) mass is 186 g/mol. The summed E-state index contributed by atoms with van der Waals surface area (Å²) in [5, 5.41) is 1.17. The molecule has 72 valence electrons. The number of nitrogens with zero attached hydrogens (tertiary/aromatic N) is 2. The minimum atomic E-state index is 0.519. The van der Waals surface area contributed by atoms with E-state index in [4.69, 9.17) is 0 Å². The molecule has 2 rings (SSSR count). The predicted octanol–water partition coefficient (Wildman–Crippen LogP) is 3.06. The predicted molar refractivity (Wildman–Crippen MR) is 58.4 cm³/mol. The van der Waals surface area contributed by atoms with Crippen LogP contribution in [-0.4, -0.2) is 9.97 Å². The van der Waals surface area contributed by atoms with Gasteiger partial charge in [-0.05, 0) is 30.5 Å². The number of pyridine rings is 2. The zero-order valence-corrected chi connectivity index (χ0v) is 8.78. The number of rotatable bonds is 1. The summed E-state index contributed by atoms with van der Waals surface area (Å²) in [5.74, 6) is 0.519. The van der Waals surface area contributed by atoms with Gasteiger partial charge in [0.1, 0.15) is 0 Å². The maximum absolute atomic E-state index is 4.35. The molecular weight excluding hydrogens is 172 g/mol. The van der Waals surface area contributed by atoms with E-state index in [-0.39, 0.29) is 0 Å². The second kappa shape index (κ2) is 3.37. The van der Waals surface area contributed by atoms with Crippen molar-refractivity contribution in [2.75, 3.05) is 0 Å². The van der Waals surface area contributed by atoms with Crippen LogP contribution in [-0.2, 0) is 0 Å². The average molecular weight is 186 g/mol. The molecule has 2 aromatic heterocycles. The molecule has 14 heavy (non-hydrogen) atoms.